The van der Waals surface area contributed by atoms with Gasteiger partial charge in [0.2, 0.25) is 0 Å². The van der Waals surface area contributed by atoms with Crippen molar-refractivity contribution < 1.29 is 19.4 Å². The number of ether oxygens (including phenoxy) is 1. The third-order valence-electron chi connectivity index (χ3n) is 4.43. The van der Waals surface area contributed by atoms with Crippen molar-refractivity contribution >= 4 is 34.8 Å². The van der Waals surface area contributed by atoms with Crippen LogP contribution in [0.5, 0.6) is 5.75 Å². The van der Waals surface area contributed by atoms with Gasteiger partial charge in [0, 0.05) is 12.1 Å². The van der Waals surface area contributed by atoms with E-state index >= 15 is 0 Å². The molecule has 2 rings (SSSR count). The number of benzene rings is 2. The average molecular weight is 444 g/mol. The highest BCUT2D eigenvalue weighted by Gasteiger charge is 2.13. The van der Waals surface area contributed by atoms with Gasteiger partial charge in [-0.05, 0) is 55.0 Å². The maximum atomic E-state index is 12.5. The molecule has 0 atom stereocenters. The van der Waals surface area contributed by atoms with E-state index in [1.165, 1.54) is 12.8 Å². The van der Waals surface area contributed by atoms with Crippen molar-refractivity contribution in [1.29, 1.82) is 0 Å². The maximum absolute atomic E-state index is 12.5. The Bertz CT molecular complexity index is 871. The molecule has 0 aliphatic rings. The van der Waals surface area contributed by atoms with E-state index in [0.29, 0.717) is 23.4 Å². The lowest BCUT2D eigenvalue weighted by atomic mass is 10.1. The minimum Gasteiger partial charge on any atom is -0.494 e. The largest absolute Gasteiger partial charge is 0.494 e. The van der Waals surface area contributed by atoms with Crippen LogP contribution in [0.2, 0.25) is 0 Å². The van der Waals surface area contributed by atoms with Crippen molar-refractivity contribution in [3.05, 3.63) is 59.7 Å². The van der Waals surface area contributed by atoms with Gasteiger partial charge in [-0.2, -0.15) is 0 Å². The standard InChI is InChI=1S/C23H29N3O4S/c1-2-3-4-7-16-30-18-12-10-17(11-13-18)21(28)26-23(31)25-20-9-6-5-8-19(20)22(29)24-14-15-27/h5-6,8-13,27H,2-4,7,14-16H2,1H3,(H,24,29)(H2,25,26,28,31). The number of aliphatic hydroxyl groups excluding tert-OH is 1. The first-order chi connectivity index (χ1) is 15.0. The van der Waals surface area contributed by atoms with Crippen molar-refractivity contribution in [3.63, 3.8) is 0 Å². The summed E-state index contributed by atoms with van der Waals surface area (Å²) in [5.74, 6) is 0.00216. The molecule has 31 heavy (non-hydrogen) atoms. The molecule has 8 heteroatoms. The van der Waals surface area contributed by atoms with E-state index in [2.05, 4.69) is 22.9 Å². The fourth-order valence-corrected chi connectivity index (χ4v) is 3.01. The monoisotopic (exact) mass is 443 g/mol. The Hall–Kier alpha value is -2.97. The molecular formula is C23H29N3O4S. The molecule has 0 bridgehead atoms. The van der Waals surface area contributed by atoms with E-state index in [4.69, 9.17) is 22.1 Å². The highest BCUT2D eigenvalue weighted by molar-refractivity contribution is 7.80. The minimum atomic E-state index is -0.366. The SMILES string of the molecule is CCCCCCOc1ccc(C(=O)NC(=S)Nc2ccccc2C(=O)NCCO)cc1. The Kier molecular flexibility index (Phi) is 10.5. The quantitative estimate of drug-likeness (QED) is 0.313. The second kappa shape index (κ2) is 13.4. The van der Waals surface area contributed by atoms with E-state index in [0.717, 1.165) is 18.6 Å². The van der Waals surface area contributed by atoms with Crippen molar-refractivity contribution in [2.75, 3.05) is 25.1 Å². The number of carbonyl (C=O) groups is 2. The van der Waals surface area contributed by atoms with Crippen LogP contribution < -0.4 is 20.7 Å². The maximum Gasteiger partial charge on any atom is 0.257 e. The molecule has 0 unspecified atom stereocenters. The van der Waals surface area contributed by atoms with Crippen LogP contribution >= 0.6 is 12.2 Å². The van der Waals surface area contributed by atoms with Gasteiger partial charge < -0.3 is 20.5 Å². The number of carbonyl (C=O) groups excluding carboxylic acids is 2. The van der Waals surface area contributed by atoms with Gasteiger partial charge in [-0.15, -0.1) is 0 Å². The van der Waals surface area contributed by atoms with Crippen LogP contribution in [-0.4, -0.2) is 41.8 Å². The fraction of sp³-hybridized carbons (Fsp3) is 0.348. The summed E-state index contributed by atoms with van der Waals surface area (Å²) in [5, 5.41) is 17.0. The summed E-state index contributed by atoms with van der Waals surface area (Å²) in [6, 6.07) is 13.6. The summed E-state index contributed by atoms with van der Waals surface area (Å²) in [6.45, 7) is 2.82. The van der Waals surface area contributed by atoms with Crippen LogP contribution in [0.4, 0.5) is 5.69 Å². The predicted octanol–water partition coefficient (Wildman–Crippen LogP) is 3.49. The number of para-hydroxylation sites is 1. The van der Waals surface area contributed by atoms with Gasteiger partial charge in [0.1, 0.15) is 5.75 Å². The van der Waals surface area contributed by atoms with Crippen molar-refractivity contribution in [1.82, 2.24) is 10.6 Å². The highest BCUT2D eigenvalue weighted by Crippen LogP contribution is 2.16. The Morgan fingerprint density at radius 1 is 1.00 bits per heavy atom. The summed E-state index contributed by atoms with van der Waals surface area (Å²) in [7, 11) is 0. The molecule has 0 saturated carbocycles. The molecule has 0 spiro atoms. The van der Waals surface area contributed by atoms with Gasteiger partial charge in [0.05, 0.1) is 24.5 Å². The smallest absolute Gasteiger partial charge is 0.257 e. The van der Waals surface area contributed by atoms with Crippen LogP contribution in [0.25, 0.3) is 0 Å². The van der Waals surface area contributed by atoms with Crippen LogP contribution in [0, 0.1) is 0 Å². The van der Waals surface area contributed by atoms with E-state index < -0.39 is 0 Å². The van der Waals surface area contributed by atoms with Gasteiger partial charge in [-0.25, -0.2) is 0 Å². The lowest BCUT2D eigenvalue weighted by Crippen LogP contribution is -2.35. The average Bonchev–Trinajstić information content (AvgIpc) is 2.78. The normalized spacial score (nSPS) is 10.3. The third-order valence-corrected chi connectivity index (χ3v) is 4.63. The van der Waals surface area contributed by atoms with Gasteiger partial charge in [0.25, 0.3) is 11.8 Å². The van der Waals surface area contributed by atoms with Gasteiger partial charge >= 0.3 is 0 Å². The van der Waals surface area contributed by atoms with E-state index in [1.54, 1.807) is 48.5 Å². The minimum absolute atomic E-state index is 0.0728. The molecule has 2 aromatic rings. The van der Waals surface area contributed by atoms with E-state index in [9.17, 15) is 9.59 Å². The molecule has 4 N–H and O–H groups in total. The number of nitrogens with one attached hydrogen (secondary N) is 3. The Balaban J connectivity index is 1.89. The summed E-state index contributed by atoms with van der Waals surface area (Å²) >= 11 is 5.22. The number of aliphatic hydroxyl groups is 1. The number of thiocarbonyl (C=S) groups is 1. The molecule has 0 heterocycles. The highest BCUT2D eigenvalue weighted by atomic mass is 32.1. The summed E-state index contributed by atoms with van der Waals surface area (Å²) in [4.78, 5) is 24.7. The van der Waals surface area contributed by atoms with Gasteiger partial charge in [-0.3, -0.25) is 14.9 Å². The second-order valence-electron chi connectivity index (χ2n) is 6.87. The van der Waals surface area contributed by atoms with Crippen LogP contribution in [-0.2, 0) is 0 Å². The lowest BCUT2D eigenvalue weighted by molar-refractivity contribution is 0.0944. The number of hydrogen-bond donors (Lipinski definition) is 4. The molecule has 0 fully saturated rings. The van der Waals surface area contributed by atoms with E-state index in [-0.39, 0.29) is 30.1 Å². The molecule has 2 amide bonds. The Labute approximate surface area is 188 Å². The first kappa shape index (κ1) is 24.3. The number of unbranched alkanes of at least 4 members (excludes halogenated alkanes) is 3. The molecule has 7 nitrogen and oxygen atoms in total. The zero-order valence-electron chi connectivity index (χ0n) is 17.6. The molecular weight excluding hydrogens is 414 g/mol. The van der Waals surface area contributed by atoms with Crippen LogP contribution in [0.15, 0.2) is 48.5 Å². The Morgan fingerprint density at radius 3 is 2.45 bits per heavy atom. The predicted molar refractivity (Wildman–Crippen MR) is 126 cm³/mol. The zero-order valence-corrected chi connectivity index (χ0v) is 18.5. The summed E-state index contributed by atoms with van der Waals surface area (Å²) < 4.78 is 5.69. The first-order valence-corrected chi connectivity index (χ1v) is 10.8. The summed E-state index contributed by atoms with van der Waals surface area (Å²) in [6.07, 6.45) is 4.54. The molecule has 166 valence electrons. The van der Waals surface area contributed by atoms with Crippen molar-refractivity contribution in [2.45, 2.75) is 32.6 Å². The van der Waals surface area contributed by atoms with E-state index in [1.807, 2.05) is 0 Å². The molecule has 0 aliphatic carbocycles. The molecule has 0 saturated heterocycles. The number of hydrogen-bond acceptors (Lipinski definition) is 5. The molecule has 0 aromatic heterocycles. The number of anilines is 1. The van der Waals surface area contributed by atoms with Crippen molar-refractivity contribution in [2.24, 2.45) is 0 Å². The number of amides is 2. The molecule has 0 radical (unpaired) electrons. The lowest BCUT2D eigenvalue weighted by Gasteiger charge is -2.13. The third kappa shape index (κ3) is 8.35. The van der Waals surface area contributed by atoms with Gasteiger partial charge in [-0.1, -0.05) is 38.3 Å². The zero-order chi connectivity index (χ0) is 22.5. The van der Waals surface area contributed by atoms with Gasteiger partial charge in [0.15, 0.2) is 5.11 Å². The summed E-state index contributed by atoms with van der Waals surface area (Å²) in [5.41, 5.74) is 1.25. The first-order valence-electron chi connectivity index (χ1n) is 10.4. The topological polar surface area (TPSA) is 99.7 Å². The molecule has 0 aliphatic heterocycles. The fourth-order valence-electron chi connectivity index (χ4n) is 2.81. The second-order valence-corrected chi connectivity index (χ2v) is 7.28. The Morgan fingerprint density at radius 2 is 1.74 bits per heavy atom. The van der Waals surface area contributed by atoms with Crippen LogP contribution in [0.1, 0.15) is 53.3 Å². The number of rotatable bonds is 11. The van der Waals surface area contributed by atoms with Crippen molar-refractivity contribution in [3.8, 4) is 5.75 Å². The van der Waals surface area contributed by atoms with Crippen LogP contribution in [0.3, 0.4) is 0 Å². The molecule has 2 aromatic carbocycles.